The molecule has 0 spiro atoms. The number of rotatable bonds is 5. The van der Waals surface area contributed by atoms with Crippen molar-refractivity contribution in [3.63, 3.8) is 0 Å². The van der Waals surface area contributed by atoms with Crippen molar-refractivity contribution in [2.45, 2.75) is 6.04 Å². The molecule has 6 heteroatoms. The predicted octanol–water partition coefficient (Wildman–Crippen LogP) is 2.50. The highest BCUT2D eigenvalue weighted by Gasteiger charge is 2.22. The van der Waals surface area contributed by atoms with Crippen LogP contribution in [0.3, 0.4) is 0 Å². The summed E-state index contributed by atoms with van der Waals surface area (Å²) in [5.41, 5.74) is 5.51. The number of carbonyl (C=O) groups is 2. The van der Waals surface area contributed by atoms with Gasteiger partial charge in [0.2, 0.25) is 0 Å². The molecule has 0 aliphatic carbocycles. The summed E-state index contributed by atoms with van der Waals surface area (Å²) in [6.07, 6.45) is 0. The van der Waals surface area contributed by atoms with Gasteiger partial charge in [-0.25, -0.2) is 0 Å². The van der Waals surface area contributed by atoms with E-state index in [2.05, 4.69) is 0 Å². The van der Waals surface area contributed by atoms with Crippen molar-refractivity contribution < 1.29 is 19.4 Å². The Hall–Kier alpha value is -2.37. The van der Waals surface area contributed by atoms with Crippen LogP contribution in [0.1, 0.15) is 10.4 Å². The molecule has 2 aromatic rings. The van der Waals surface area contributed by atoms with Gasteiger partial charge in [0.25, 0.3) is 0 Å². The number of carboxylic acid groups (broad SMARTS) is 1. The molecule has 0 aliphatic rings. The van der Waals surface area contributed by atoms with Crippen molar-refractivity contribution in [2.24, 2.45) is 5.73 Å². The smallest absolute Gasteiger partial charge is 0.328 e. The van der Waals surface area contributed by atoms with Gasteiger partial charge in [-0.3, -0.25) is 9.59 Å². The maximum Gasteiger partial charge on any atom is 0.328 e. The van der Waals surface area contributed by atoms with Crippen LogP contribution in [-0.2, 0) is 4.79 Å². The van der Waals surface area contributed by atoms with Crippen LogP contribution in [0.5, 0.6) is 11.5 Å². The molecule has 5 nitrogen and oxygen atoms in total. The molecule has 0 bridgehead atoms. The maximum atomic E-state index is 11.7. The zero-order valence-electron chi connectivity index (χ0n) is 10.9. The molecule has 110 valence electrons. The fourth-order valence-corrected chi connectivity index (χ4v) is 1.60. The van der Waals surface area contributed by atoms with E-state index in [9.17, 15) is 9.59 Å². The minimum absolute atomic E-state index is 0. The van der Waals surface area contributed by atoms with Gasteiger partial charge in [-0.2, -0.15) is 0 Å². The summed E-state index contributed by atoms with van der Waals surface area (Å²) < 4.78 is 5.56. The Morgan fingerprint density at radius 1 is 0.952 bits per heavy atom. The van der Waals surface area contributed by atoms with Crippen molar-refractivity contribution in [3.05, 3.63) is 60.2 Å². The molecule has 1 unspecified atom stereocenters. The van der Waals surface area contributed by atoms with Crippen molar-refractivity contribution >= 4 is 24.2 Å². The molecular formula is C15H14ClNO4. The second-order valence-corrected chi connectivity index (χ2v) is 4.12. The Kier molecular flexibility index (Phi) is 5.90. The summed E-state index contributed by atoms with van der Waals surface area (Å²) in [5.74, 6) is -0.756. The van der Waals surface area contributed by atoms with Crippen LogP contribution in [0.2, 0.25) is 0 Å². The number of benzene rings is 2. The van der Waals surface area contributed by atoms with Gasteiger partial charge in [0.05, 0.1) is 0 Å². The van der Waals surface area contributed by atoms with Crippen LogP contribution < -0.4 is 10.5 Å². The number of aliphatic carboxylic acids is 1. The molecule has 0 saturated carbocycles. The van der Waals surface area contributed by atoms with E-state index >= 15 is 0 Å². The lowest BCUT2D eigenvalue weighted by Gasteiger charge is -2.08. The largest absolute Gasteiger partial charge is 0.480 e. The minimum Gasteiger partial charge on any atom is -0.480 e. The Morgan fingerprint density at radius 2 is 1.48 bits per heavy atom. The average Bonchev–Trinajstić information content (AvgIpc) is 2.47. The summed E-state index contributed by atoms with van der Waals surface area (Å²) >= 11 is 0. The minimum atomic E-state index is -1.55. The first kappa shape index (κ1) is 16.7. The summed E-state index contributed by atoms with van der Waals surface area (Å²) in [5, 5.41) is 8.69. The molecular weight excluding hydrogens is 294 g/mol. The van der Waals surface area contributed by atoms with Crippen LogP contribution in [0.15, 0.2) is 54.6 Å². The molecule has 2 rings (SSSR count). The number of hydrogen-bond acceptors (Lipinski definition) is 4. The van der Waals surface area contributed by atoms with Crippen molar-refractivity contribution in [1.82, 2.24) is 0 Å². The molecule has 0 fully saturated rings. The van der Waals surface area contributed by atoms with Gasteiger partial charge in [-0.15, -0.1) is 12.4 Å². The highest BCUT2D eigenvalue weighted by molar-refractivity contribution is 6.11. The van der Waals surface area contributed by atoms with Crippen LogP contribution in [-0.4, -0.2) is 22.9 Å². The average molecular weight is 308 g/mol. The van der Waals surface area contributed by atoms with Crippen molar-refractivity contribution in [2.75, 3.05) is 0 Å². The van der Waals surface area contributed by atoms with Gasteiger partial charge in [0.15, 0.2) is 11.8 Å². The predicted molar refractivity (Wildman–Crippen MR) is 80.1 cm³/mol. The zero-order chi connectivity index (χ0) is 14.5. The second kappa shape index (κ2) is 7.42. The number of carbonyl (C=O) groups excluding carboxylic acids is 1. The molecule has 0 heterocycles. The standard InChI is InChI=1S/C15H13NO4.ClH/c16-13(15(18)19)14(17)10-6-8-12(9-7-10)20-11-4-2-1-3-5-11;/h1-9,13H,16H2,(H,18,19);1H. The van der Waals surface area contributed by atoms with Gasteiger partial charge < -0.3 is 15.6 Å². The van der Waals surface area contributed by atoms with E-state index in [0.717, 1.165) is 0 Å². The first-order chi connectivity index (χ1) is 9.58. The summed E-state index contributed by atoms with van der Waals surface area (Å²) in [6.45, 7) is 0. The lowest BCUT2D eigenvalue weighted by atomic mass is 10.1. The summed E-state index contributed by atoms with van der Waals surface area (Å²) in [6, 6.07) is 13.8. The molecule has 0 aromatic heterocycles. The Balaban J connectivity index is 0.00000220. The highest BCUT2D eigenvalue weighted by atomic mass is 35.5. The molecule has 3 N–H and O–H groups in total. The number of nitrogens with two attached hydrogens (primary N) is 1. The number of halogens is 1. The highest BCUT2D eigenvalue weighted by Crippen LogP contribution is 2.21. The number of ketones is 1. The van der Waals surface area contributed by atoms with Gasteiger partial charge in [0.1, 0.15) is 11.5 Å². The Morgan fingerprint density at radius 3 is 2.00 bits per heavy atom. The van der Waals surface area contributed by atoms with Crippen LogP contribution in [0, 0.1) is 0 Å². The van der Waals surface area contributed by atoms with Crippen LogP contribution in [0.25, 0.3) is 0 Å². The molecule has 0 radical (unpaired) electrons. The lowest BCUT2D eigenvalue weighted by molar-refractivity contribution is -0.137. The van der Waals surface area contributed by atoms with E-state index in [-0.39, 0.29) is 18.0 Å². The number of para-hydroxylation sites is 1. The summed E-state index contributed by atoms with van der Waals surface area (Å²) in [4.78, 5) is 22.4. The van der Waals surface area contributed by atoms with Gasteiger partial charge in [-0.1, -0.05) is 18.2 Å². The Labute approximate surface area is 127 Å². The van der Waals surface area contributed by atoms with E-state index in [1.807, 2.05) is 18.2 Å². The van der Waals surface area contributed by atoms with Gasteiger partial charge >= 0.3 is 5.97 Å². The maximum absolute atomic E-state index is 11.7. The number of carboxylic acids is 1. The molecule has 0 aliphatic heterocycles. The van der Waals surface area contributed by atoms with Gasteiger partial charge in [-0.05, 0) is 36.4 Å². The fourth-order valence-electron chi connectivity index (χ4n) is 1.60. The number of hydrogen-bond donors (Lipinski definition) is 2. The van der Waals surface area contributed by atoms with Gasteiger partial charge in [0, 0.05) is 5.56 Å². The molecule has 0 amide bonds. The molecule has 21 heavy (non-hydrogen) atoms. The fraction of sp³-hybridized carbons (Fsp3) is 0.0667. The number of ether oxygens (including phenoxy) is 1. The quantitative estimate of drug-likeness (QED) is 0.654. The summed E-state index contributed by atoms with van der Waals surface area (Å²) in [7, 11) is 0. The van der Waals surface area contributed by atoms with Crippen molar-refractivity contribution in [1.29, 1.82) is 0 Å². The molecule has 2 aromatic carbocycles. The molecule has 0 saturated heterocycles. The molecule has 1 atom stereocenters. The van der Waals surface area contributed by atoms with E-state index < -0.39 is 17.8 Å². The second-order valence-electron chi connectivity index (χ2n) is 4.12. The van der Waals surface area contributed by atoms with E-state index in [0.29, 0.717) is 11.5 Å². The van der Waals surface area contributed by atoms with Crippen LogP contribution in [0.4, 0.5) is 0 Å². The van der Waals surface area contributed by atoms with Crippen LogP contribution >= 0.6 is 12.4 Å². The van der Waals surface area contributed by atoms with E-state index in [1.54, 1.807) is 24.3 Å². The third-order valence-electron chi connectivity index (χ3n) is 2.67. The zero-order valence-corrected chi connectivity index (χ0v) is 11.7. The Bertz CT molecular complexity index is 613. The SMILES string of the molecule is Cl.NC(C(=O)O)C(=O)c1ccc(Oc2ccccc2)cc1. The number of Topliss-reactive ketones (excluding diaryl/α,β-unsaturated/α-hetero) is 1. The normalized spacial score (nSPS) is 11.1. The monoisotopic (exact) mass is 307 g/mol. The first-order valence-electron chi connectivity index (χ1n) is 5.93. The van der Waals surface area contributed by atoms with Crippen molar-refractivity contribution in [3.8, 4) is 11.5 Å². The topological polar surface area (TPSA) is 89.6 Å². The lowest BCUT2D eigenvalue weighted by Crippen LogP contribution is -2.38. The van der Waals surface area contributed by atoms with E-state index in [1.165, 1.54) is 12.1 Å². The third-order valence-corrected chi connectivity index (χ3v) is 2.67. The van der Waals surface area contributed by atoms with E-state index in [4.69, 9.17) is 15.6 Å². The third kappa shape index (κ3) is 4.30. The first-order valence-corrected chi connectivity index (χ1v) is 5.93.